The Bertz CT molecular complexity index is 1190. The number of morpholine rings is 1. The van der Waals surface area contributed by atoms with Crippen LogP contribution in [0.25, 0.3) is 0 Å². The van der Waals surface area contributed by atoms with Crippen LogP contribution in [0.5, 0.6) is 0 Å². The van der Waals surface area contributed by atoms with Gasteiger partial charge in [-0.1, -0.05) is 30.3 Å². The summed E-state index contributed by atoms with van der Waals surface area (Å²) in [5.74, 6) is 2.02. The highest BCUT2D eigenvalue weighted by molar-refractivity contribution is 5.93. The van der Waals surface area contributed by atoms with E-state index in [1.165, 1.54) is 18.4 Å². The quantitative estimate of drug-likeness (QED) is 0.592. The number of ether oxygens (including phenoxy) is 1. The molecular formula is C27H30N6O2. The SMILES string of the molecule is O=C(NCC1CC1)c1cc(N2CCOCC2)nc(N2CC(c3ccccc3)Cc3ncccc32)n1. The average molecular weight is 471 g/mol. The molecule has 3 aliphatic rings. The monoisotopic (exact) mass is 470 g/mol. The van der Waals surface area contributed by atoms with Crippen molar-refractivity contribution in [2.75, 3.05) is 49.2 Å². The highest BCUT2D eigenvalue weighted by Crippen LogP contribution is 2.37. The normalized spacial score (nSPS) is 19.8. The number of nitrogens with zero attached hydrogens (tertiary/aromatic N) is 5. The number of amides is 1. The molecule has 1 saturated heterocycles. The van der Waals surface area contributed by atoms with E-state index in [0.29, 0.717) is 37.3 Å². The molecule has 3 aromatic rings. The first-order valence-corrected chi connectivity index (χ1v) is 12.5. The second kappa shape index (κ2) is 9.62. The van der Waals surface area contributed by atoms with E-state index in [-0.39, 0.29) is 11.8 Å². The van der Waals surface area contributed by atoms with Gasteiger partial charge in [-0.2, -0.15) is 4.98 Å². The number of carbonyl (C=O) groups is 1. The van der Waals surface area contributed by atoms with Crippen LogP contribution in [-0.2, 0) is 11.2 Å². The van der Waals surface area contributed by atoms with Gasteiger partial charge in [-0.05, 0) is 36.5 Å². The van der Waals surface area contributed by atoms with Crippen molar-refractivity contribution in [3.05, 3.63) is 71.7 Å². The second-order valence-electron chi connectivity index (χ2n) is 9.56. The van der Waals surface area contributed by atoms with Gasteiger partial charge in [-0.3, -0.25) is 9.78 Å². The number of carbonyl (C=O) groups excluding carboxylic acids is 1. The van der Waals surface area contributed by atoms with E-state index in [4.69, 9.17) is 19.7 Å². The maximum Gasteiger partial charge on any atom is 0.270 e. The molecule has 0 spiro atoms. The molecule has 8 heteroatoms. The Balaban J connectivity index is 1.39. The molecule has 1 amide bonds. The largest absolute Gasteiger partial charge is 0.378 e. The molecule has 0 radical (unpaired) electrons. The van der Waals surface area contributed by atoms with Crippen molar-refractivity contribution in [3.63, 3.8) is 0 Å². The van der Waals surface area contributed by atoms with E-state index in [1.807, 2.05) is 24.4 Å². The predicted molar refractivity (Wildman–Crippen MR) is 134 cm³/mol. The molecular weight excluding hydrogens is 440 g/mol. The number of anilines is 3. The van der Waals surface area contributed by atoms with Gasteiger partial charge in [-0.25, -0.2) is 4.98 Å². The number of hydrogen-bond acceptors (Lipinski definition) is 7. The lowest BCUT2D eigenvalue weighted by molar-refractivity contribution is 0.0946. The molecule has 2 fully saturated rings. The van der Waals surface area contributed by atoms with E-state index in [2.05, 4.69) is 45.4 Å². The Morgan fingerprint density at radius 2 is 1.89 bits per heavy atom. The number of aromatic nitrogens is 3. The minimum absolute atomic E-state index is 0.141. The van der Waals surface area contributed by atoms with Gasteiger partial charge in [0.2, 0.25) is 5.95 Å². The van der Waals surface area contributed by atoms with E-state index >= 15 is 0 Å². The fourth-order valence-electron chi connectivity index (χ4n) is 4.85. The molecule has 8 nitrogen and oxygen atoms in total. The van der Waals surface area contributed by atoms with Gasteiger partial charge in [0.05, 0.1) is 24.6 Å². The van der Waals surface area contributed by atoms with Crippen LogP contribution in [0, 0.1) is 5.92 Å². The van der Waals surface area contributed by atoms with Crippen LogP contribution in [-0.4, -0.2) is 60.3 Å². The van der Waals surface area contributed by atoms with Crippen LogP contribution in [0.15, 0.2) is 54.7 Å². The second-order valence-corrected chi connectivity index (χ2v) is 9.56. The lowest BCUT2D eigenvalue weighted by Crippen LogP contribution is -2.38. The Morgan fingerprint density at radius 1 is 1.06 bits per heavy atom. The minimum atomic E-state index is -0.141. The summed E-state index contributed by atoms with van der Waals surface area (Å²) < 4.78 is 5.54. The first-order chi connectivity index (χ1) is 17.2. The summed E-state index contributed by atoms with van der Waals surface area (Å²) in [6.07, 6.45) is 5.07. The number of pyridine rings is 1. The van der Waals surface area contributed by atoms with Gasteiger partial charge in [0.15, 0.2) is 0 Å². The summed E-state index contributed by atoms with van der Waals surface area (Å²) in [6.45, 7) is 4.20. The van der Waals surface area contributed by atoms with Crippen molar-refractivity contribution in [1.82, 2.24) is 20.3 Å². The summed E-state index contributed by atoms with van der Waals surface area (Å²) in [4.78, 5) is 31.9. The number of fused-ring (bicyclic) bond motifs is 1. The van der Waals surface area contributed by atoms with Crippen molar-refractivity contribution in [1.29, 1.82) is 0 Å². The first kappa shape index (κ1) is 22.0. The topological polar surface area (TPSA) is 83.5 Å². The van der Waals surface area contributed by atoms with E-state index < -0.39 is 0 Å². The Kier molecular flexibility index (Phi) is 6.04. The van der Waals surface area contributed by atoms with Crippen LogP contribution in [0.1, 0.15) is 40.5 Å². The third-order valence-electron chi connectivity index (χ3n) is 7.03. The molecule has 2 aromatic heterocycles. The smallest absolute Gasteiger partial charge is 0.270 e. The van der Waals surface area contributed by atoms with Crippen LogP contribution < -0.4 is 15.1 Å². The average Bonchev–Trinajstić information content (AvgIpc) is 3.76. The minimum Gasteiger partial charge on any atom is -0.378 e. The summed E-state index contributed by atoms with van der Waals surface area (Å²) >= 11 is 0. The maximum absolute atomic E-state index is 13.1. The molecule has 1 aliphatic carbocycles. The first-order valence-electron chi connectivity index (χ1n) is 12.5. The molecule has 1 unspecified atom stereocenters. The zero-order chi connectivity index (χ0) is 23.6. The summed E-state index contributed by atoms with van der Waals surface area (Å²) in [5.41, 5.74) is 3.70. The Hall–Kier alpha value is -3.52. The molecule has 1 aromatic carbocycles. The predicted octanol–water partition coefficient (Wildman–Crippen LogP) is 3.33. The highest BCUT2D eigenvalue weighted by Gasteiger charge is 2.30. The molecule has 35 heavy (non-hydrogen) atoms. The Morgan fingerprint density at radius 3 is 2.69 bits per heavy atom. The van der Waals surface area contributed by atoms with Crippen LogP contribution in [0.3, 0.4) is 0 Å². The molecule has 1 atom stereocenters. The summed E-state index contributed by atoms with van der Waals surface area (Å²) in [7, 11) is 0. The van der Waals surface area contributed by atoms with Crippen molar-refractivity contribution in [2.24, 2.45) is 5.92 Å². The molecule has 2 aliphatic heterocycles. The van der Waals surface area contributed by atoms with Gasteiger partial charge in [0.25, 0.3) is 5.91 Å². The van der Waals surface area contributed by atoms with Crippen molar-refractivity contribution in [2.45, 2.75) is 25.2 Å². The molecule has 1 saturated carbocycles. The zero-order valence-corrected chi connectivity index (χ0v) is 19.8. The van der Waals surface area contributed by atoms with Crippen LogP contribution in [0.2, 0.25) is 0 Å². The number of nitrogens with one attached hydrogen (secondary N) is 1. The molecule has 180 valence electrons. The van der Waals surface area contributed by atoms with Crippen molar-refractivity contribution in [3.8, 4) is 0 Å². The lowest BCUT2D eigenvalue weighted by atomic mass is 9.89. The number of benzene rings is 1. The fraction of sp³-hybridized carbons (Fsp3) is 0.407. The molecule has 1 N–H and O–H groups in total. The van der Waals surface area contributed by atoms with Crippen LogP contribution >= 0.6 is 0 Å². The molecule has 6 rings (SSSR count). The fourth-order valence-corrected chi connectivity index (χ4v) is 4.85. The molecule has 0 bridgehead atoms. The van der Waals surface area contributed by atoms with Gasteiger partial charge < -0.3 is 19.9 Å². The maximum atomic E-state index is 13.1. The zero-order valence-electron chi connectivity index (χ0n) is 19.8. The van der Waals surface area contributed by atoms with Gasteiger partial charge in [0, 0.05) is 50.8 Å². The number of rotatable bonds is 6. The third-order valence-corrected chi connectivity index (χ3v) is 7.03. The van der Waals surface area contributed by atoms with Crippen LogP contribution in [0.4, 0.5) is 17.5 Å². The summed E-state index contributed by atoms with van der Waals surface area (Å²) in [5, 5.41) is 3.07. The van der Waals surface area contributed by atoms with Crippen molar-refractivity contribution < 1.29 is 9.53 Å². The van der Waals surface area contributed by atoms with Gasteiger partial charge >= 0.3 is 0 Å². The third kappa shape index (κ3) is 4.84. The summed E-state index contributed by atoms with van der Waals surface area (Å²) in [6, 6.07) is 16.4. The van der Waals surface area contributed by atoms with Crippen molar-refractivity contribution >= 4 is 23.4 Å². The van der Waals surface area contributed by atoms with Gasteiger partial charge in [-0.15, -0.1) is 0 Å². The standard InChI is InChI=1S/C27H30N6O2/c34-26(29-17-19-8-9-19)23-16-25(32-11-13-35-14-12-32)31-27(30-23)33-18-21(20-5-2-1-3-6-20)15-22-24(33)7-4-10-28-22/h1-7,10,16,19,21H,8-9,11-15,17-18H2,(H,29,34). The van der Waals surface area contributed by atoms with Gasteiger partial charge in [0.1, 0.15) is 11.5 Å². The highest BCUT2D eigenvalue weighted by atomic mass is 16.5. The number of hydrogen-bond donors (Lipinski definition) is 1. The lowest BCUT2D eigenvalue weighted by Gasteiger charge is -2.35. The molecule has 4 heterocycles. The van der Waals surface area contributed by atoms with E-state index in [1.54, 1.807) is 0 Å². The van der Waals surface area contributed by atoms with E-state index in [9.17, 15) is 4.79 Å². The van der Waals surface area contributed by atoms with E-state index in [0.717, 1.165) is 43.3 Å². The Labute approximate surface area is 205 Å².